The van der Waals surface area contributed by atoms with Crippen LogP contribution in [0.4, 0.5) is 0 Å². The summed E-state index contributed by atoms with van der Waals surface area (Å²) in [6, 6.07) is 0.581. The third-order valence-electron chi connectivity index (χ3n) is 2.15. The molecule has 0 aromatic rings. The second kappa shape index (κ2) is 4.07. The number of hydrogen-bond donors (Lipinski definition) is 2. The van der Waals surface area contributed by atoms with Gasteiger partial charge in [0.25, 0.3) is 0 Å². The predicted molar refractivity (Wildman–Crippen MR) is 46.5 cm³/mol. The lowest BCUT2D eigenvalue weighted by Crippen LogP contribution is -2.32. The molecule has 1 fully saturated rings. The lowest BCUT2D eigenvalue weighted by atomic mass is 10.1. The summed E-state index contributed by atoms with van der Waals surface area (Å²) in [5, 5.41) is 12.3. The third-order valence-corrected chi connectivity index (χ3v) is 2.15. The maximum atomic E-state index is 8.99. The molecule has 0 radical (unpaired) electrons. The van der Waals surface area contributed by atoms with Crippen molar-refractivity contribution in [2.45, 2.75) is 45.3 Å². The Labute approximate surface area is 69.0 Å². The molecule has 0 amide bonds. The van der Waals surface area contributed by atoms with E-state index >= 15 is 0 Å². The Balaban J connectivity index is 1.95. The van der Waals surface area contributed by atoms with E-state index in [2.05, 4.69) is 12.2 Å². The van der Waals surface area contributed by atoms with Crippen LogP contribution in [0.15, 0.2) is 0 Å². The van der Waals surface area contributed by atoms with Crippen LogP contribution in [0.25, 0.3) is 0 Å². The Bertz CT molecular complexity index is 110. The average molecular weight is 157 g/mol. The topological polar surface area (TPSA) is 32.3 Å². The summed E-state index contributed by atoms with van der Waals surface area (Å²) in [5.74, 6) is 0.978. The molecule has 2 atom stereocenters. The van der Waals surface area contributed by atoms with Gasteiger partial charge in [-0.15, -0.1) is 0 Å². The quantitative estimate of drug-likeness (QED) is 0.627. The van der Waals surface area contributed by atoms with E-state index in [1.165, 1.54) is 19.3 Å². The standard InChI is InChI=1S/C9H19NO/c1-7(5-9-3-4-9)10-6-8(2)11/h7-11H,3-6H2,1-2H3/t7?,8-/m0/s1. The molecule has 1 saturated carbocycles. The molecule has 0 aromatic heterocycles. The number of aliphatic hydroxyl groups excluding tert-OH is 1. The van der Waals surface area contributed by atoms with Crippen LogP contribution in [0.5, 0.6) is 0 Å². The van der Waals surface area contributed by atoms with Gasteiger partial charge in [0.05, 0.1) is 6.10 Å². The fourth-order valence-electron chi connectivity index (χ4n) is 1.31. The molecule has 1 unspecified atom stereocenters. The van der Waals surface area contributed by atoms with Gasteiger partial charge in [-0.25, -0.2) is 0 Å². The smallest absolute Gasteiger partial charge is 0.0636 e. The normalized spacial score (nSPS) is 23.2. The van der Waals surface area contributed by atoms with Gasteiger partial charge in [0.1, 0.15) is 0 Å². The van der Waals surface area contributed by atoms with Crippen molar-refractivity contribution in [3.8, 4) is 0 Å². The fraction of sp³-hybridized carbons (Fsp3) is 1.00. The summed E-state index contributed by atoms with van der Waals surface area (Å²) >= 11 is 0. The van der Waals surface area contributed by atoms with Crippen molar-refractivity contribution in [1.82, 2.24) is 5.32 Å². The Morgan fingerprint density at radius 3 is 2.55 bits per heavy atom. The average Bonchev–Trinajstić information content (AvgIpc) is 2.67. The highest BCUT2D eigenvalue weighted by molar-refractivity contribution is 4.78. The molecular weight excluding hydrogens is 138 g/mol. The molecule has 0 aliphatic heterocycles. The van der Waals surface area contributed by atoms with Crippen LogP contribution in [-0.4, -0.2) is 23.8 Å². The van der Waals surface area contributed by atoms with Gasteiger partial charge in [-0.05, 0) is 26.2 Å². The van der Waals surface area contributed by atoms with Crippen molar-refractivity contribution in [3.63, 3.8) is 0 Å². The highest BCUT2D eigenvalue weighted by Gasteiger charge is 2.23. The maximum Gasteiger partial charge on any atom is 0.0636 e. The molecule has 0 bridgehead atoms. The second-order valence-corrected chi connectivity index (χ2v) is 3.84. The van der Waals surface area contributed by atoms with Gasteiger partial charge in [0.15, 0.2) is 0 Å². The Morgan fingerprint density at radius 1 is 1.45 bits per heavy atom. The molecule has 2 nitrogen and oxygen atoms in total. The molecule has 0 spiro atoms. The van der Waals surface area contributed by atoms with Crippen molar-refractivity contribution in [1.29, 1.82) is 0 Å². The van der Waals surface area contributed by atoms with E-state index in [1.807, 2.05) is 6.92 Å². The van der Waals surface area contributed by atoms with E-state index in [-0.39, 0.29) is 6.10 Å². The summed E-state index contributed by atoms with van der Waals surface area (Å²) in [7, 11) is 0. The Hall–Kier alpha value is -0.0800. The summed E-state index contributed by atoms with van der Waals surface area (Å²) in [6.07, 6.45) is 3.91. The van der Waals surface area contributed by atoms with E-state index in [0.29, 0.717) is 6.04 Å². The van der Waals surface area contributed by atoms with E-state index in [1.54, 1.807) is 0 Å². The van der Waals surface area contributed by atoms with Gasteiger partial charge in [0.2, 0.25) is 0 Å². The minimum Gasteiger partial charge on any atom is -0.392 e. The van der Waals surface area contributed by atoms with E-state index in [9.17, 15) is 0 Å². The van der Waals surface area contributed by atoms with Crippen molar-refractivity contribution >= 4 is 0 Å². The molecule has 1 aliphatic carbocycles. The van der Waals surface area contributed by atoms with Gasteiger partial charge in [-0.3, -0.25) is 0 Å². The van der Waals surface area contributed by atoms with Crippen LogP contribution in [-0.2, 0) is 0 Å². The van der Waals surface area contributed by atoms with Crippen molar-refractivity contribution in [2.75, 3.05) is 6.54 Å². The lowest BCUT2D eigenvalue weighted by Gasteiger charge is -2.14. The number of rotatable bonds is 5. The van der Waals surface area contributed by atoms with Gasteiger partial charge < -0.3 is 10.4 Å². The molecule has 2 N–H and O–H groups in total. The highest BCUT2D eigenvalue weighted by Crippen LogP contribution is 2.33. The summed E-state index contributed by atoms with van der Waals surface area (Å²) in [4.78, 5) is 0. The van der Waals surface area contributed by atoms with Crippen LogP contribution in [0.2, 0.25) is 0 Å². The lowest BCUT2D eigenvalue weighted by molar-refractivity contribution is 0.186. The second-order valence-electron chi connectivity index (χ2n) is 3.84. The maximum absolute atomic E-state index is 8.99. The molecule has 1 aliphatic rings. The van der Waals surface area contributed by atoms with Gasteiger partial charge >= 0.3 is 0 Å². The van der Waals surface area contributed by atoms with Crippen molar-refractivity contribution in [2.24, 2.45) is 5.92 Å². The van der Waals surface area contributed by atoms with Crippen LogP contribution in [0, 0.1) is 5.92 Å². The first-order valence-electron chi connectivity index (χ1n) is 4.60. The first-order chi connectivity index (χ1) is 5.18. The van der Waals surface area contributed by atoms with Crippen molar-refractivity contribution in [3.05, 3.63) is 0 Å². The zero-order chi connectivity index (χ0) is 8.27. The molecule has 66 valence electrons. The Kier molecular flexibility index (Phi) is 3.34. The van der Waals surface area contributed by atoms with E-state index in [0.717, 1.165) is 12.5 Å². The zero-order valence-corrected chi connectivity index (χ0v) is 7.51. The first kappa shape index (κ1) is 9.01. The minimum atomic E-state index is -0.211. The van der Waals surface area contributed by atoms with Crippen LogP contribution in [0.3, 0.4) is 0 Å². The number of aliphatic hydroxyl groups is 1. The summed E-state index contributed by atoms with van der Waals surface area (Å²) in [6.45, 7) is 4.74. The van der Waals surface area contributed by atoms with E-state index in [4.69, 9.17) is 5.11 Å². The zero-order valence-electron chi connectivity index (χ0n) is 7.51. The largest absolute Gasteiger partial charge is 0.392 e. The molecule has 2 heteroatoms. The highest BCUT2D eigenvalue weighted by atomic mass is 16.3. The monoisotopic (exact) mass is 157 g/mol. The fourth-order valence-corrected chi connectivity index (χ4v) is 1.31. The Morgan fingerprint density at radius 2 is 2.09 bits per heavy atom. The minimum absolute atomic E-state index is 0.211. The van der Waals surface area contributed by atoms with Crippen molar-refractivity contribution < 1.29 is 5.11 Å². The predicted octanol–water partition coefficient (Wildman–Crippen LogP) is 1.15. The summed E-state index contributed by atoms with van der Waals surface area (Å²) < 4.78 is 0. The SMILES string of the molecule is CC(CC1CC1)NC[C@H](C)O. The summed E-state index contributed by atoms with van der Waals surface area (Å²) in [5.41, 5.74) is 0. The molecule has 1 rings (SSSR count). The van der Waals surface area contributed by atoms with Crippen LogP contribution in [0.1, 0.15) is 33.1 Å². The molecular formula is C9H19NO. The molecule has 11 heavy (non-hydrogen) atoms. The van der Waals surface area contributed by atoms with Gasteiger partial charge in [0, 0.05) is 12.6 Å². The van der Waals surface area contributed by atoms with Gasteiger partial charge in [-0.2, -0.15) is 0 Å². The van der Waals surface area contributed by atoms with E-state index < -0.39 is 0 Å². The first-order valence-corrected chi connectivity index (χ1v) is 4.60. The number of hydrogen-bond acceptors (Lipinski definition) is 2. The van der Waals surface area contributed by atoms with Crippen LogP contribution >= 0.6 is 0 Å². The molecule has 0 saturated heterocycles. The molecule has 0 heterocycles. The van der Waals surface area contributed by atoms with Crippen LogP contribution < -0.4 is 5.32 Å². The number of nitrogens with one attached hydrogen (secondary N) is 1. The third kappa shape index (κ3) is 4.38. The van der Waals surface area contributed by atoms with Gasteiger partial charge in [-0.1, -0.05) is 12.8 Å². The molecule has 0 aromatic carbocycles.